The van der Waals surface area contributed by atoms with E-state index in [4.69, 9.17) is 27.9 Å². The summed E-state index contributed by atoms with van der Waals surface area (Å²) in [5, 5.41) is 4.14. The number of esters is 1. The molecule has 0 aliphatic carbocycles. The summed E-state index contributed by atoms with van der Waals surface area (Å²) in [4.78, 5) is 25.3. The molecule has 1 N–H and O–H groups in total. The molecule has 7 heteroatoms. The fraction of sp³-hybridized carbons (Fsp3) is 0.294. The number of hydrogen-bond acceptors (Lipinski definition) is 4. The predicted molar refractivity (Wildman–Crippen MR) is 98.4 cm³/mol. The molecule has 0 bridgehead atoms. The monoisotopic (exact) mass is 385 g/mol. The van der Waals surface area contributed by atoms with Crippen LogP contribution in [0.15, 0.2) is 24.3 Å². The highest BCUT2D eigenvalue weighted by Crippen LogP contribution is 2.30. The molecule has 24 heavy (non-hydrogen) atoms. The first kappa shape index (κ1) is 18.8. The maximum absolute atomic E-state index is 12.3. The topological polar surface area (TPSA) is 55.4 Å². The van der Waals surface area contributed by atoms with Gasteiger partial charge in [-0.3, -0.25) is 4.79 Å². The van der Waals surface area contributed by atoms with Crippen molar-refractivity contribution in [1.82, 2.24) is 0 Å². The number of nitrogens with one attached hydrogen (secondary N) is 1. The number of rotatable bonds is 6. The molecule has 0 aliphatic heterocycles. The van der Waals surface area contributed by atoms with E-state index in [1.54, 1.807) is 31.2 Å². The van der Waals surface area contributed by atoms with Crippen LogP contribution in [0.2, 0.25) is 10.0 Å². The Morgan fingerprint density at radius 3 is 2.54 bits per heavy atom. The molecule has 4 nitrogen and oxygen atoms in total. The maximum atomic E-state index is 12.3. The zero-order valence-electron chi connectivity index (χ0n) is 13.3. The van der Waals surface area contributed by atoms with Gasteiger partial charge < -0.3 is 10.1 Å². The third-order valence-electron chi connectivity index (χ3n) is 3.23. The molecule has 2 aromatic rings. The molecule has 0 atom stereocenters. The van der Waals surface area contributed by atoms with Crippen molar-refractivity contribution in [3.8, 4) is 0 Å². The van der Waals surface area contributed by atoms with E-state index < -0.39 is 5.97 Å². The van der Waals surface area contributed by atoms with Crippen molar-refractivity contribution < 1.29 is 14.3 Å². The van der Waals surface area contributed by atoms with E-state index in [0.717, 1.165) is 16.9 Å². The molecular weight excluding hydrogens is 369 g/mol. The minimum atomic E-state index is -0.432. The predicted octanol–water partition coefficient (Wildman–Crippen LogP) is 4.98. The van der Waals surface area contributed by atoms with E-state index in [9.17, 15) is 9.59 Å². The lowest BCUT2D eigenvalue weighted by atomic mass is 10.1. The van der Waals surface area contributed by atoms with Crippen molar-refractivity contribution in [3.05, 3.63) is 50.3 Å². The lowest BCUT2D eigenvalue weighted by Gasteiger charge is -2.07. The lowest BCUT2D eigenvalue weighted by Crippen LogP contribution is -2.16. The molecule has 0 saturated carbocycles. The normalized spacial score (nSPS) is 10.5. The number of hydrogen-bond donors (Lipinski definition) is 1. The Labute approximate surface area is 154 Å². The number of carbonyl (C=O) groups is 2. The largest absolute Gasteiger partial charge is 0.462 e. The van der Waals surface area contributed by atoms with Gasteiger partial charge >= 0.3 is 5.97 Å². The second-order valence-corrected chi connectivity index (χ2v) is 6.95. The van der Waals surface area contributed by atoms with Gasteiger partial charge in [0.05, 0.1) is 28.6 Å². The molecule has 0 radical (unpaired) electrons. The number of ether oxygens (including phenoxy) is 1. The van der Waals surface area contributed by atoms with E-state index in [-0.39, 0.29) is 18.9 Å². The molecule has 0 fully saturated rings. The first-order valence-corrected chi connectivity index (χ1v) is 9.05. The van der Waals surface area contributed by atoms with Gasteiger partial charge in [0.1, 0.15) is 5.00 Å². The van der Waals surface area contributed by atoms with Gasteiger partial charge in [-0.25, -0.2) is 4.79 Å². The van der Waals surface area contributed by atoms with E-state index in [1.807, 2.05) is 6.92 Å². The summed E-state index contributed by atoms with van der Waals surface area (Å²) in [6.45, 7) is 4.02. The first-order valence-electron chi connectivity index (χ1n) is 7.48. The average Bonchev–Trinajstić information content (AvgIpc) is 2.94. The SMILES string of the molecule is CCOC(=O)c1cc(CC)sc1NC(=O)Cc1ccc(Cl)c(Cl)c1. The van der Waals surface area contributed by atoms with Crippen LogP contribution >= 0.6 is 34.5 Å². The summed E-state index contributed by atoms with van der Waals surface area (Å²) in [6, 6.07) is 6.81. The van der Waals surface area contributed by atoms with Crippen molar-refractivity contribution in [3.63, 3.8) is 0 Å². The van der Waals surface area contributed by atoms with Gasteiger partial charge in [-0.15, -0.1) is 11.3 Å². The molecule has 128 valence electrons. The van der Waals surface area contributed by atoms with Crippen molar-refractivity contribution in [2.45, 2.75) is 26.7 Å². The minimum Gasteiger partial charge on any atom is -0.462 e. The van der Waals surface area contributed by atoms with Gasteiger partial charge in [0.2, 0.25) is 5.91 Å². The lowest BCUT2D eigenvalue weighted by molar-refractivity contribution is -0.115. The molecule has 0 aliphatic rings. The number of anilines is 1. The van der Waals surface area contributed by atoms with Crippen LogP contribution in [0.4, 0.5) is 5.00 Å². The summed E-state index contributed by atoms with van der Waals surface area (Å²) >= 11 is 13.2. The second kappa shape index (κ2) is 8.51. The highest BCUT2D eigenvalue weighted by Gasteiger charge is 2.18. The molecule has 0 spiro atoms. The van der Waals surface area contributed by atoms with Crippen LogP contribution in [0.25, 0.3) is 0 Å². The number of benzene rings is 1. The zero-order chi connectivity index (χ0) is 17.7. The Balaban J connectivity index is 2.14. The highest BCUT2D eigenvalue weighted by molar-refractivity contribution is 7.16. The Kier molecular flexibility index (Phi) is 6.66. The number of carbonyl (C=O) groups excluding carboxylic acids is 2. The molecule has 1 aromatic carbocycles. The zero-order valence-corrected chi connectivity index (χ0v) is 15.6. The van der Waals surface area contributed by atoms with Gasteiger partial charge in [-0.05, 0) is 37.1 Å². The number of amides is 1. The van der Waals surface area contributed by atoms with E-state index in [0.29, 0.717) is 20.6 Å². The van der Waals surface area contributed by atoms with Crippen LogP contribution in [0.3, 0.4) is 0 Å². The number of halogens is 2. The van der Waals surface area contributed by atoms with Gasteiger partial charge in [0, 0.05) is 4.88 Å². The van der Waals surface area contributed by atoms with E-state index >= 15 is 0 Å². The Bertz CT molecular complexity index is 758. The summed E-state index contributed by atoms with van der Waals surface area (Å²) in [5.74, 6) is -0.665. The van der Waals surface area contributed by atoms with Gasteiger partial charge in [0.25, 0.3) is 0 Å². The van der Waals surface area contributed by atoms with Crippen LogP contribution in [0, 0.1) is 0 Å². The Morgan fingerprint density at radius 2 is 1.92 bits per heavy atom. The summed E-state index contributed by atoms with van der Waals surface area (Å²) in [5.41, 5.74) is 1.13. The molecule has 0 saturated heterocycles. The van der Waals surface area contributed by atoms with Crippen molar-refractivity contribution in [2.24, 2.45) is 0 Å². The van der Waals surface area contributed by atoms with Crippen molar-refractivity contribution in [2.75, 3.05) is 11.9 Å². The van der Waals surface area contributed by atoms with Gasteiger partial charge in [-0.2, -0.15) is 0 Å². The highest BCUT2D eigenvalue weighted by atomic mass is 35.5. The smallest absolute Gasteiger partial charge is 0.341 e. The van der Waals surface area contributed by atoms with Crippen LogP contribution in [0.5, 0.6) is 0 Å². The van der Waals surface area contributed by atoms with Gasteiger partial charge in [-0.1, -0.05) is 36.2 Å². The van der Waals surface area contributed by atoms with Gasteiger partial charge in [0.15, 0.2) is 0 Å². The van der Waals surface area contributed by atoms with Crippen LogP contribution < -0.4 is 5.32 Å². The third kappa shape index (κ3) is 4.72. The Morgan fingerprint density at radius 1 is 1.17 bits per heavy atom. The molecule has 1 amide bonds. The summed E-state index contributed by atoms with van der Waals surface area (Å²) < 4.78 is 5.04. The van der Waals surface area contributed by atoms with Crippen molar-refractivity contribution >= 4 is 51.4 Å². The van der Waals surface area contributed by atoms with E-state index in [1.165, 1.54) is 11.3 Å². The van der Waals surface area contributed by atoms with Crippen LogP contribution in [-0.4, -0.2) is 18.5 Å². The first-order chi connectivity index (χ1) is 11.4. The molecule has 2 rings (SSSR count). The van der Waals surface area contributed by atoms with Crippen molar-refractivity contribution in [1.29, 1.82) is 0 Å². The quantitative estimate of drug-likeness (QED) is 0.713. The molecular formula is C17H17Cl2NO3S. The van der Waals surface area contributed by atoms with Crippen LogP contribution in [0.1, 0.15) is 34.6 Å². The summed E-state index contributed by atoms with van der Waals surface area (Å²) in [6.07, 6.45) is 0.915. The number of thiophene rings is 1. The summed E-state index contributed by atoms with van der Waals surface area (Å²) in [7, 11) is 0. The fourth-order valence-electron chi connectivity index (χ4n) is 2.08. The van der Waals surface area contributed by atoms with E-state index in [2.05, 4.69) is 5.32 Å². The fourth-order valence-corrected chi connectivity index (χ4v) is 3.40. The average molecular weight is 386 g/mol. The second-order valence-electron chi connectivity index (χ2n) is 5.00. The minimum absolute atomic E-state index is 0.137. The third-order valence-corrected chi connectivity index (χ3v) is 5.16. The van der Waals surface area contributed by atoms with Crippen LogP contribution in [-0.2, 0) is 22.4 Å². The molecule has 1 heterocycles. The molecule has 1 aromatic heterocycles. The molecule has 0 unspecified atom stereocenters. The number of aryl methyl sites for hydroxylation is 1. The maximum Gasteiger partial charge on any atom is 0.341 e. The Hall–Kier alpha value is -1.56. The standard InChI is InChI=1S/C17H17Cl2NO3S/c1-3-11-9-12(17(22)23-4-2)16(24-11)20-15(21)8-10-5-6-13(18)14(19)7-10/h5-7,9H,3-4,8H2,1-2H3,(H,20,21).